The number of hydrogen-bond donors (Lipinski definition) is 1. The van der Waals surface area contributed by atoms with Gasteiger partial charge in [0, 0.05) is 23.6 Å². The zero-order valence-electron chi connectivity index (χ0n) is 17.6. The number of ketones is 2. The number of nitrogens with one attached hydrogen (secondary N) is 1. The quantitative estimate of drug-likeness (QED) is 0.364. The van der Waals surface area contributed by atoms with Crippen molar-refractivity contribution in [3.05, 3.63) is 71.2 Å². The van der Waals surface area contributed by atoms with E-state index < -0.39 is 41.2 Å². The maximum absolute atomic E-state index is 14.6. The van der Waals surface area contributed by atoms with Crippen LogP contribution in [0, 0.1) is 11.7 Å². The standard InChI is InChI=1S/C24H21FN2O5/c1-13(28)20-21(14-7-8-17(18(25)11-14)24(31)32-2)27(23(30)22(20)29)10-9-15-12-26-19-6-4-3-5-16(15)19/h3-8,11-12,20-21,26H,9-10H2,1-2H3. The zero-order valence-corrected chi connectivity index (χ0v) is 17.6. The van der Waals surface area contributed by atoms with Gasteiger partial charge in [0.05, 0.1) is 18.7 Å². The van der Waals surface area contributed by atoms with Crippen LogP contribution in [0.3, 0.4) is 0 Å². The van der Waals surface area contributed by atoms with Crippen LogP contribution < -0.4 is 0 Å². The van der Waals surface area contributed by atoms with E-state index in [9.17, 15) is 23.6 Å². The molecule has 1 aliphatic rings. The van der Waals surface area contributed by atoms with Gasteiger partial charge < -0.3 is 14.6 Å². The van der Waals surface area contributed by atoms with E-state index in [0.717, 1.165) is 29.6 Å². The summed E-state index contributed by atoms with van der Waals surface area (Å²) in [5.41, 5.74) is 1.91. The van der Waals surface area contributed by atoms with Crippen LogP contribution >= 0.6 is 0 Å². The number of amides is 1. The number of fused-ring (bicyclic) bond motifs is 1. The maximum atomic E-state index is 14.6. The van der Waals surface area contributed by atoms with Crippen LogP contribution in [0.15, 0.2) is 48.7 Å². The van der Waals surface area contributed by atoms with Crippen molar-refractivity contribution in [3.8, 4) is 0 Å². The van der Waals surface area contributed by atoms with E-state index in [4.69, 9.17) is 0 Å². The second kappa shape index (κ2) is 8.37. The molecule has 1 fully saturated rings. The van der Waals surface area contributed by atoms with Gasteiger partial charge in [0.25, 0.3) is 5.91 Å². The fourth-order valence-electron chi connectivity index (χ4n) is 4.31. The number of carbonyl (C=O) groups is 4. The number of halogens is 1. The molecule has 2 atom stereocenters. The summed E-state index contributed by atoms with van der Waals surface area (Å²) in [7, 11) is 1.14. The van der Waals surface area contributed by atoms with Crippen molar-refractivity contribution in [1.82, 2.24) is 9.88 Å². The van der Waals surface area contributed by atoms with Crippen molar-refractivity contribution in [3.63, 3.8) is 0 Å². The largest absolute Gasteiger partial charge is 0.465 e. The molecular weight excluding hydrogens is 415 g/mol. The Morgan fingerprint density at radius 2 is 1.91 bits per heavy atom. The molecule has 1 amide bonds. The predicted octanol–water partition coefficient (Wildman–Crippen LogP) is 2.99. The van der Waals surface area contributed by atoms with Crippen molar-refractivity contribution in [2.45, 2.75) is 19.4 Å². The SMILES string of the molecule is COC(=O)c1ccc(C2C(C(C)=O)C(=O)C(=O)N2CCc2c[nH]c3ccccc23)cc1F. The van der Waals surface area contributed by atoms with Gasteiger partial charge in [-0.25, -0.2) is 9.18 Å². The van der Waals surface area contributed by atoms with Gasteiger partial charge in [0.2, 0.25) is 5.78 Å². The molecule has 2 unspecified atom stereocenters. The van der Waals surface area contributed by atoms with Crippen LogP contribution in [0.25, 0.3) is 10.9 Å². The Kier molecular flexibility index (Phi) is 5.61. The minimum atomic E-state index is -1.23. The first-order chi connectivity index (χ1) is 15.3. The molecule has 1 aromatic heterocycles. The average Bonchev–Trinajstić information content (AvgIpc) is 3.30. The number of likely N-dealkylation sites (tertiary alicyclic amines) is 1. The van der Waals surface area contributed by atoms with Gasteiger partial charge in [-0.3, -0.25) is 14.4 Å². The Morgan fingerprint density at radius 1 is 1.16 bits per heavy atom. The lowest BCUT2D eigenvalue weighted by Crippen LogP contribution is -2.32. The minimum absolute atomic E-state index is 0.168. The van der Waals surface area contributed by atoms with Crippen molar-refractivity contribution >= 4 is 34.3 Å². The normalized spacial score (nSPS) is 18.4. The molecule has 4 rings (SSSR count). The van der Waals surface area contributed by atoms with Crippen LogP contribution in [-0.2, 0) is 25.5 Å². The van der Waals surface area contributed by atoms with E-state index in [1.54, 1.807) is 0 Å². The molecule has 0 saturated carbocycles. The Balaban J connectivity index is 1.69. The van der Waals surface area contributed by atoms with Crippen LogP contribution in [0.2, 0.25) is 0 Å². The molecule has 1 saturated heterocycles. The topological polar surface area (TPSA) is 96.5 Å². The number of benzene rings is 2. The van der Waals surface area contributed by atoms with Crippen molar-refractivity contribution in [2.75, 3.05) is 13.7 Å². The summed E-state index contributed by atoms with van der Waals surface area (Å²) in [5.74, 6) is -4.97. The number of Topliss-reactive ketones (excluding diaryl/α,β-unsaturated/α-hetero) is 2. The first-order valence-corrected chi connectivity index (χ1v) is 10.1. The summed E-state index contributed by atoms with van der Waals surface area (Å²) in [4.78, 5) is 53.9. The predicted molar refractivity (Wildman–Crippen MR) is 113 cm³/mol. The number of para-hydroxylation sites is 1. The zero-order chi connectivity index (χ0) is 23.0. The number of rotatable bonds is 6. The molecule has 0 bridgehead atoms. The van der Waals surface area contributed by atoms with Crippen LogP contribution in [-0.4, -0.2) is 47.0 Å². The summed E-state index contributed by atoms with van der Waals surface area (Å²) < 4.78 is 19.2. The molecule has 32 heavy (non-hydrogen) atoms. The van der Waals surface area contributed by atoms with Gasteiger partial charge in [-0.15, -0.1) is 0 Å². The molecule has 8 heteroatoms. The summed E-state index contributed by atoms with van der Waals surface area (Å²) >= 11 is 0. The lowest BCUT2D eigenvalue weighted by Gasteiger charge is -2.27. The lowest BCUT2D eigenvalue weighted by molar-refractivity contribution is -0.142. The molecule has 7 nitrogen and oxygen atoms in total. The summed E-state index contributed by atoms with van der Waals surface area (Å²) in [6, 6.07) is 10.5. The second-order valence-electron chi connectivity index (χ2n) is 7.74. The van der Waals surface area contributed by atoms with Crippen molar-refractivity contribution in [1.29, 1.82) is 0 Å². The van der Waals surface area contributed by atoms with Crippen molar-refractivity contribution in [2.24, 2.45) is 5.92 Å². The Labute approximate surface area is 183 Å². The number of nitrogens with zero attached hydrogens (tertiary/aromatic N) is 1. The molecular formula is C24H21FN2O5. The molecule has 0 radical (unpaired) electrons. The van der Waals surface area contributed by atoms with Crippen molar-refractivity contribution < 1.29 is 28.3 Å². The molecule has 0 spiro atoms. The van der Waals surface area contributed by atoms with Crippen LogP contribution in [0.1, 0.15) is 34.5 Å². The van der Waals surface area contributed by atoms with Crippen LogP contribution in [0.4, 0.5) is 4.39 Å². The Hall–Kier alpha value is -3.81. The fraction of sp³-hybridized carbons (Fsp3) is 0.250. The van der Waals surface area contributed by atoms with E-state index in [1.807, 2.05) is 30.5 Å². The number of methoxy groups -OCH3 is 1. The highest BCUT2D eigenvalue weighted by Crippen LogP contribution is 2.37. The molecule has 164 valence electrons. The number of ether oxygens (including phenoxy) is 1. The number of esters is 1. The second-order valence-corrected chi connectivity index (χ2v) is 7.74. The number of aromatic amines is 1. The van der Waals surface area contributed by atoms with Gasteiger partial charge in [-0.1, -0.05) is 24.3 Å². The molecule has 1 N–H and O–H groups in total. The third kappa shape index (κ3) is 3.57. The smallest absolute Gasteiger partial charge is 0.340 e. The Morgan fingerprint density at radius 3 is 2.59 bits per heavy atom. The van der Waals surface area contributed by atoms with Gasteiger partial charge in [0.15, 0.2) is 0 Å². The lowest BCUT2D eigenvalue weighted by atomic mass is 9.89. The van der Waals surface area contributed by atoms with Crippen LogP contribution in [0.5, 0.6) is 0 Å². The van der Waals surface area contributed by atoms with Gasteiger partial charge in [-0.05, 0) is 42.7 Å². The first-order valence-electron chi connectivity index (χ1n) is 10.1. The van der Waals surface area contributed by atoms with E-state index in [0.29, 0.717) is 6.42 Å². The third-order valence-corrected chi connectivity index (χ3v) is 5.88. The highest BCUT2D eigenvalue weighted by Gasteiger charge is 2.50. The van der Waals surface area contributed by atoms with Gasteiger partial charge >= 0.3 is 5.97 Å². The summed E-state index contributed by atoms with van der Waals surface area (Å²) in [6.07, 6.45) is 2.28. The van der Waals surface area contributed by atoms with E-state index in [2.05, 4.69) is 9.72 Å². The highest BCUT2D eigenvalue weighted by atomic mass is 19.1. The number of aromatic nitrogens is 1. The fourth-order valence-corrected chi connectivity index (χ4v) is 4.31. The maximum Gasteiger partial charge on any atom is 0.340 e. The van der Waals surface area contributed by atoms with E-state index >= 15 is 0 Å². The monoisotopic (exact) mass is 436 g/mol. The van der Waals surface area contributed by atoms with E-state index in [-0.39, 0.29) is 17.7 Å². The molecule has 3 aromatic rings. The molecule has 2 heterocycles. The summed E-state index contributed by atoms with van der Waals surface area (Å²) in [6.45, 7) is 1.41. The molecule has 0 aliphatic carbocycles. The highest BCUT2D eigenvalue weighted by molar-refractivity contribution is 6.42. The third-order valence-electron chi connectivity index (χ3n) is 5.88. The number of carbonyl (C=O) groups excluding carboxylic acids is 4. The number of H-pyrrole nitrogens is 1. The first kappa shape index (κ1) is 21.4. The molecule has 2 aromatic carbocycles. The summed E-state index contributed by atoms with van der Waals surface area (Å²) in [5, 5.41) is 0.999. The van der Waals surface area contributed by atoms with E-state index in [1.165, 1.54) is 24.0 Å². The molecule has 1 aliphatic heterocycles. The van der Waals surface area contributed by atoms with Gasteiger partial charge in [0.1, 0.15) is 17.5 Å². The average molecular weight is 436 g/mol. The number of hydrogen-bond acceptors (Lipinski definition) is 5. The Bertz CT molecular complexity index is 1250. The van der Waals surface area contributed by atoms with Gasteiger partial charge in [-0.2, -0.15) is 0 Å². The minimum Gasteiger partial charge on any atom is -0.465 e.